The van der Waals surface area contributed by atoms with E-state index in [2.05, 4.69) is 6.92 Å². The van der Waals surface area contributed by atoms with Crippen molar-refractivity contribution in [1.82, 2.24) is 9.80 Å². The molecule has 5 nitrogen and oxygen atoms in total. The normalized spacial score (nSPS) is 20.4. The lowest BCUT2D eigenvalue weighted by molar-refractivity contribution is 0.0517. The Balaban J connectivity index is 1.41. The summed E-state index contributed by atoms with van der Waals surface area (Å²) in [5, 5.41) is 2.03. The maximum absolute atomic E-state index is 12.9. The maximum Gasteiger partial charge on any atom is 0.289 e. The van der Waals surface area contributed by atoms with Crippen LogP contribution in [0.2, 0.25) is 0 Å². The molecule has 1 aliphatic carbocycles. The third-order valence-corrected chi connectivity index (χ3v) is 6.27. The highest BCUT2D eigenvalue weighted by Gasteiger charge is 2.29. The Morgan fingerprint density at radius 2 is 1.88 bits per heavy atom. The SMILES string of the molecule is C[C@@H]1CCc2c(C(=O)N3CCN(C(=O)c4ccco4)CC3)csc2C1. The molecule has 0 radical (unpaired) electrons. The molecule has 1 saturated heterocycles. The molecule has 0 unspecified atom stereocenters. The fourth-order valence-electron chi connectivity index (χ4n) is 3.70. The first kappa shape index (κ1) is 16.4. The first-order valence-corrected chi connectivity index (χ1v) is 9.72. The van der Waals surface area contributed by atoms with Crippen LogP contribution >= 0.6 is 11.3 Å². The number of hydrogen-bond donors (Lipinski definition) is 0. The number of nitrogens with zero attached hydrogens (tertiary/aromatic N) is 2. The van der Waals surface area contributed by atoms with Crippen LogP contribution in [0.5, 0.6) is 0 Å². The van der Waals surface area contributed by atoms with Crippen molar-refractivity contribution in [1.29, 1.82) is 0 Å². The molecule has 25 heavy (non-hydrogen) atoms. The molecule has 1 atom stereocenters. The molecule has 2 amide bonds. The Bertz CT molecular complexity index is 773. The van der Waals surface area contributed by atoms with Crippen LogP contribution in [-0.2, 0) is 12.8 Å². The van der Waals surface area contributed by atoms with Gasteiger partial charge in [-0.15, -0.1) is 11.3 Å². The Morgan fingerprint density at radius 1 is 1.16 bits per heavy atom. The first-order valence-electron chi connectivity index (χ1n) is 8.84. The highest BCUT2D eigenvalue weighted by atomic mass is 32.1. The van der Waals surface area contributed by atoms with Gasteiger partial charge in [-0.25, -0.2) is 0 Å². The van der Waals surface area contributed by atoms with Crippen molar-refractivity contribution < 1.29 is 14.0 Å². The third kappa shape index (κ3) is 3.11. The Kier molecular flexibility index (Phi) is 4.37. The number of amides is 2. The molecule has 3 heterocycles. The summed E-state index contributed by atoms with van der Waals surface area (Å²) in [5.74, 6) is 1.10. The topological polar surface area (TPSA) is 53.8 Å². The van der Waals surface area contributed by atoms with Gasteiger partial charge >= 0.3 is 0 Å². The van der Waals surface area contributed by atoms with E-state index in [9.17, 15) is 9.59 Å². The molecule has 2 aliphatic rings. The standard InChI is InChI=1S/C19H22N2O3S/c1-13-4-5-14-15(12-25-17(14)11-13)18(22)20-6-8-21(9-7-20)19(23)16-3-2-10-24-16/h2-3,10,12-13H,4-9,11H2,1H3/t13-/m1/s1. The van der Waals surface area contributed by atoms with Gasteiger partial charge < -0.3 is 14.2 Å². The number of carbonyl (C=O) groups excluding carboxylic acids is 2. The van der Waals surface area contributed by atoms with Crippen molar-refractivity contribution in [3.63, 3.8) is 0 Å². The van der Waals surface area contributed by atoms with E-state index in [1.165, 1.54) is 16.7 Å². The zero-order chi connectivity index (χ0) is 17.4. The van der Waals surface area contributed by atoms with Gasteiger partial charge in [-0.1, -0.05) is 6.92 Å². The monoisotopic (exact) mass is 358 g/mol. The van der Waals surface area contributed by atoms with Crippen molar-refractivity contribution in [3.8, 4) is 0 Å². The number of rotatable bonds is 2. The summed E-state index contributed by atoms with van der Waals surface area (Å²) in [6.07, 6.45) is 4.78. The van der Waals surface area contributed by atoms with Gasteiger partial charge in [0.1, 0.15) is 0 Å². The van der Waals surface area contributed by atoms with Crippen molar-refractivity contribution in [2.75, 3.05) is 26.2 Å². The van der Waals surface area contributed by atoms with Crippen LogP contribution in [0.1, 0.15) is 44.7 Å². The van der Waals surface area contributed by atoms with E-state index in [-0.39, 0.29) is 11.8 Å². The van der Waals surface area contributed by atoms with Crippen LogP contribution in [0.4, 0.5) is 0 Å². The number of thiophene rings is 1. The number of fused-ring (bicyclic) bond motifs is 1. The minimum Gasteiger partial charge on any atom is -0.459 e. The molecule has 0 aromatic carbocycles. The van der Waals surface area contributed by atoms with Gasteiger partial charge in [-0.05, 0) is 42.9 Å². The van der Waals surface area contributed by atoms with E-state index in [0.717, 1.165) is 24.8 Å². The van der Waals surface area contributed by atoms with Gasteiger partial charge in [-0.2, -0.15) is 0 Å². The number of furan rings is 1. The minimum absolute atomic E-state index is 0.0981. The molecule has 0 N–H and O–H groups in total. The zero-order valence-electron chi connectivity index (χ0n) is 14.4. The predicted molar refractivity (Wildman–Crippen MR) is 96.0 cm³/mol. The Hall–Kier alpha value is -2.08. The van der Waals surface area contributed by atoms with E-state index in [1.807, 2.05) is 10.3 Å². The zero-order valence-corrected chi connectivity index (χ0v) is 15.2. The molecule has 0 spiro atoms. The Labute approximate surface area is 151 Å². The van der Waals surface area contributed by atoms with E-state index in [1.54, 1.807) is 28.4 Å². The Morgan fingerprint density at radius 3 is 2.56 bits per heavy atom. The average Bonchev–Trinajstić information content (AvgIpc) is 3.30. The van der Waals surface area contributed by atoms with Crippen LogP contribution in [0.3, 0.4) is 0 Å². The number of piperazine rings is 1. The summed E-state index contributed by atoms with van der Waals surface area (Å²) in [6, 6.07) is 3.39. The highest BCUT2D eigenvalue weighted by molar-refractivity contribution is 7.10. The largest absolute Gasteiger partial charge is 0.459 e. The number of hydrogen-bond acceptors (Lipinski definition) is 4. The van der Waals surface area contributed by atoms with E-state index in [0.29, 0.717) is 37.9 Å². The summed E-state index contributed by atoms with van der Waals surface area (Å²) in [5.41, 5.74) is 2.15. The van der Waals surface area contributed by atoms with Gasteiger partial charge in [0.05, 0.1) is 11.8 Å². The fraction of sp³-hybridized carbons (Fsp3) is 0.474. The summed E-state index contributed by atoms with van der Waals surface area (Å²) in [4.78, 5) is 30.3. The van der Waals surface area contributed by atoms with Crippen molar-refractivity contribution in [3.05, 3.63) is 45.5 Å². The third-order valence-electron chi connectivity index (χ3n) is 5.22. The second kappa shape index (κ2) is 6.67. The molecule has 4 rings (SSSR count). The maximum atomic E-state index is 12.9. The molecule has 1 aliphatic heterocycles. The molecular weight excluding hydrogens is 336 g/mol. The summed E-state index contributed by atoms with van der Waals surface area (Å²) < 4.78 is 5.18. The predicted octanol–water partition coefficient (Wildman–Crippen LogP) is 3.06. The molecule has 2 aromatic heterocycles. The van der Waals surface area contributed by atoms with Crippen LogP contribution in [0, 0.1) is 5.92 Å². The molecule has 6 heteroatoms. The first-order chi connectivity index (χ1) is 12.1. The minimum atomic E-state index is -0.0981. The smallest absolute Gasteiger partial charge is 0.289 e. The second-order valence-electron chi connectivity index (χ2n) is 6.96. The summed E-state index contributed by atoms with van der Waals surface area (Å²) in [6.45, 7) is 4.53. The fourth-order valence-corrected chi connectivity index (χ4v) is 4.93. The van der Waals surface area contributed by atoms with Gasteiger partial charge in [-0.3, -0.25) is 9.59 Å². The van der Waals surface area contributed by atoms with E-state index in [4.69, 9.17) is 4.42 Å². The summed E-state index contributed by atoms with van der Waals surface area (Å²) >= 11 is 1.73. The lowest BCUT2D eigenvalue weighted by Crippen LogP contribution is -2.50. The lowest BCUT2D eigenvalue weighted by atomic mass is 9.88. The molecule has 1 fully saturated rings. The van der Waals surface area contributed by atoms with Gasteiger partial charge in [0, 0.05) is 36.4 Å². The van der Waals surface area contributed by atoms with Gasteiger partial charge in [0.25, 0.3) is 11.8 Å². The van der Waals surface area contributed by atoms with Gasteiger partial charge in [0.2, 0.25) is 0 Å². The molecule has 2 aromatic rings. The van der Waals surface area contributed by atoms with E-state index >= 15 is 0 Å². The van der Waals surface area contributed by atoms with Crippen molar-refractivity contribution in [2.24, 2.45) is 5.92 Å². The lowest BCUT2D eigenvalue weighted by Gasteiger charge is -2.34. The average molecular weight is 358 g/mol. The molecule has 0 bridgehead atoms. The van der Waals surface area contributed by atoms with Crippen LogP contribution in [-0.4, -0.2) is 47.8 Å². The van der Waals surface area contributed by atoms with Crippen LogP contribution in [0.25, 0.3) is 0 Å². The highest BCUT2D eigenvalue weighted by Crippen LogP contribution is 2.33. The molecule has 0 saturated carbocycles. The van der Waals surface area contributed by atoms with Crippen LogP contribution in [0.15, 0.2) is 28.2 Å². The quantitative estimate of drug-likeness (QED) is 0.829. The summed E-state index contributed by atoms with van der Waals surface area (Å²) in [7, 11) is 0. The molecule has 132 valence electrons. The van der Waals surface area contributed by atoms with Crippen molar-refractivity contribution in [2.45, 2.75) is 26.2 Å². The van der Waals surface area contributed by atoms with Crippen molar-refractivity contribution >= 4 is 23.2 Å². The molecular formula is C19H22N2O3S. The second-order valence-corrected chi connectivity index (χ2v) is 7.92. The van der Waals surface area contributed by atoms with Gasteiger partial charge in [0.15, 0.2) is 5.76 Å². The number of carbonyl (C=O) groups is 2. The van der Waals surface area contributed by atoms with E-state index < -0.39 is 0 Å². The van der Waals surface area contributed by atoms with Crippen LogP contribution < -0.4 is 0 Å².